The van der Waals surface area contributed by atoms with Crippen LogP contribution in [0.4, 0.5) is 0 Å². The third-order valence-corrected chi connectivity index (χ3v) is 4.40. The molecule has 2 aliphatic rings. The second-order valence-corrected chi connectivity index (χ2v) is 5.86. The topological polar surface area (TPSA) is 30.5 Å². The summed E-state index contributed by atoms with van der Waals surface area (Å²) in [6.07, 6.45) is 3.41. The van der Waals surface area contributed by atoms with Crippen LogP contribution in [0.1, 0.15) is 37.0 Å². The monoisotopic (exact) mass is 261 g/mol. The summed E-state index contributed by atoms with van der Waals surface area (Å²) < 4.78 is 11.4. The van der Waals surface area contributed by atoms with Crippen molar-refractivity contribution in [2.45, 2.75) is 37.8 Å². The number of rotatable bonds is 3. The van der Waals surface area contributed by atoms with Gasteiger partial charge in [-0.25, -0.2) is 0 Å². The first-order chi connectivity index (χ1) is 9.27. The molecular formula is C16H23NO2. The Hall–Kier alpha value is -0.900. The molecule has 0 spiro atoms. The number of benzene rings is 1. The first kappa shape index (κ1) is 13.1. The molecule has 0 saturated carbocycles. The smallest absolute Gasteiger partial charge is 0.0952 e. The normalized spacial score (nSPS) is 25.8. The molecule has 2 heterocycles. The summed E-state index contributed by atoms with van der Waals surface area (Å²) in [5, 5.41) is 3.70. The van der Waals surface area contributed by atoms with E-state index in [0.29, 0.717) is 0 Å². The molecule has 0 radical (unpaired) electrons. The minimum atomic E-state index is 0.199. The molecule has 3 rings (SSSR count). The lowest BCUT2D eigenvalue weighted by Crippen LogP contribution is -2.48. The Balaban J connectivity index is 1.64. The zero-order chi connectivity index (χ0) is 13.1. The van der Waals surface area contributed by atoms with Gasteiger partial charge in [0.15, 0.2) is 0 Å². The third kappa shape index (κ3) is 2.99. The van der Waals surface area contributed by atoms with Gasteiger partial charge in [0.05, 0.1) is 12.7 Å². The Morgan fingerprint density at radius 1 is 1.21 bits per heavy atom. The van der Waals surface area contributed by atoms with E-state index in [0.717, 1.165) is 45.6 Å². The fourth-order valence-corrected chi connectivity index (χ4v) is 2.98. The maximum Gasteiger partial charge on any atom is 0.0952 e. The van der Waals surface area contributed by atoms with Crippen molar-refractivity contribution in [3.05, 3.63) is 35.4 Å². The molecule has 19 heavy (non-hydrogen) atoms. The molecule has 1 N–H and O–H groups in total. The van der Waals surface area contributed by atoms with Crippen LogP contribution in [0, 0.1) is 0 Å². The predicted octanol–water partition coefficient (Wildman–Crippen LogP) is 2.46. The lowest BCUT2D eigenvalue weighted by molar-refractivity contribution is 0.0157. The second kappa shape index (κ2) is 5.61. The minimum absolute atomic E-state index is 0.199. The molecule has 0 aromatic heterocycles. The van der Waals surface area contributed by atoms with Gasteiger partial charge in [-0.3, -0.25) is 0 Å². The van der Waals surface area contributed by atoms with E-state index in [9.17, 15) is 0 Å². The first-order valence-electron chi connectivity index (χ1n) is 7.29. The number of hydrogen-bond acceptors (Lipinski definition) is 3. The van der Waals surface area contributed by atoms with Gasteiger partial charge >= 0.3 is 0 Å². The SMILES string of the molecule is CC1(NCC2OCCc3ccccc32)CCOCC1. The van der Waals surface area contributed by atoms with Crippen LogP contribution in [0.5, 0.6) is 0 Å². The number of hydrogen-bond donors (Lipinski definition) is 1. The highest BCUT2D eigenvalue weighted by Gasteiger charge is 2.29. The van der Waals surface area contributed by atoms with Gasteiger partial charge in [0.2, 0.25) is 0 Å². The number of nitrogens with one attached hydrogen (secondary N) is 1. The average Bonchev–Trinajstić information content (AvgIpc) is 2.46. The molecule has 1 fully saturated rings. The van der Waals surface area contributed by atoms with Gasteiger partial charge in [0.25, 0.3) is 0 Å². The molecule has 1 unspecified atom stereocenters. The van der Waals surface area contributed by atoms with E-state index in [1.54, 1.807) is 0 Å². The summed E-state index contributed by atoms with van der Waals surface area (Å²) in [7, 11) is 0. The molecule has 1 atom stereocenters. The lowest BCUT2D eigenvalue weighted by Gasteiger charge is -2.37. The molecule has 0 aliphatic carbocycles. The van der Waals surface area contributed by atoms with Crippen molar-refractivity contribution in [2.75, 3.05) is 26.4 Å². The number of fused-ring (bicyclic) bond motifs is 1. The molecule has 1 saturated heterocycles. The fourth-order valence-electron chi connectivity index (χ4n) is 2.98. The van der Waals surface area contributed by atoms with Crippen molar-refractivity contribution >= 4 is 0 Å². The Morgan fingerprint density at radius 2 is 2.00 bits per heavy atom. The van der Waals surface area contributed by atoms with Crippen LogP contribution < -0.4 is 5.32 Å². The van der Waals surface area contributed by atoms with E-state index < -0.39 is 0 Å². The fraction of sp³-hybridized carbons (Fsp3) is 0.625. The third-order valence-electron chi connectivity index (χ3n) is 4.40. The highest BCUT2D eigenvalue weighted by molar-refractivity contribution is 5.31. The average molecular weight is 261 g/mol. The second-order valence-electron chi connectivity index (χ2n) is 5.86. The summed E-state index contributed by atoms with van der Waals surface area (Å²) in [5.41, 5.74) is 3.00. The summed E-state index contributed by atoms with van der Waals surface area (Å²) in [6.45, 7) is 5.76. The lowest BCUT2D eigenvalue weighted by atomic mass is 9.91. The maximum atomic E-state index is 5.95. The van der Waals surface area contributed by atoms with Gasteiger partial charge in [0, 0.05) is 25.3 Å². The van der Waals surface area contributed by atoms with E-state index in [1.807, 2.05) is 0 Å². The summed E-state index contributed by atoms with van der Waals surface area (Å²) in [6, 6.07) is 8.65. The molecular weight excluding hydrogens is 238 g/mol. The van der Waals surface area contributed by atoms with E-state index in [-0.39, 0.29) is 11.6 Å². The Kier molecular flexibility index (Phi) is 3.87. The van der Waals surface area contributed by atoms with Gasteiger partial charge in [-0.1, -0.05) is 24.3 Å². The van der Waals surface area contributed by atoms with Crippen molar-refractivity contribution in [3.8, 4) is 0 Å². The zero-order valence-corrected chi connectivity index (χ0v) is 11.7. The maximum absolute atomic E-state index is 5.95. The Bertz CT molecular complexity index is 427. The molecule has 1 aromatic carbocycles. The van der Waals surface area contributed by atoms with E-state index in [4.69, 9.17) is 9.47 Å². The van der Waals surface area contributed by atoms with Crippen LogP contribution in [-0.4, -0.2) is 31.9 Å². The highest BCUT2D eigenvalue weighted by atomic mass is 16.5. The van der Waals surface area contributed by atoms with Gasteiger partial charge in [-0.2, -0.15) is 0 Å². The first-order valence-corrected chi connectivity index (χ1v) is 7.29. The minimum Gasteiger partial charge on any atom is -0.381 e. The van der Waals surface area contributed by atoms with Gasteiger partial charge < -0.3 is 14.8 Å². The van der Waals surface area contributed by atoms with Crippen molar-refractivity contribution < 1.29 is 9.47 Å². The van der Waals surface area contributed by atoms with Gasteiger partial charge in [0.1, 0.15) is 0 Å². The standard InChI is InChI=1S/C16H23NO2/c1-16(7-10-18-11-8-16)17-12-15-14-5-3-2-4-13(14)6-9-19-15/h2-5,15,17H,6-12H2,1H3. The molecule has 1 aromatic rings. The number of ether oxygens (including phenoxy) is 2. The van der Waals surface area contributed by atoms with Crippen LogP contribution in [0.25, 0.3) is 0 Å². The predicted molar refractivity (Wildman–Crippen MR) is 75.3 cm³/mol. The van der Waals surface area contributed by atoms with Crippen LogP contribution in [0.2, 0.25) is 0 Å². The highest BCUT2D eigenvalue weighted by Crippen LogP contribution is 2.28. The van der Waals surface area contributed by atoms with E-state index >= 15 is 0 Å². The Morgan fingerprint density at radius 3 is 2.84 bits per heavy atom. The molecule has 3 heteroatoms. The van der Waals surface area contributed by atoms with Gasteiger partial charge in [-0.15, -0.1) is 0 Å². The molecule has 2 aliphatic heterocycles. The van der Waals surface area contributed by atoms with Crippen LogP contribution in [0.3, 0.4) is 0 Å². The van der Waals surface area contributed by atoms with E-state index in [2.05, 4.69) is 36.5 Å². The van der Waals surface area contributed by atoms with Crippen LogP contribution in [-0.2, 0) is 15.9 Å². The van der Waals surface area contributed by atoms with Crippen molar-refractivity contribution in [3.63, 3.8) is 0 Å². The Labute approximate surface area is 115 Å². The summed E-state index contributed by atoms with van der Waals surface area (Å²) in [4.78, 5) is 0. The van der Waals surface area contributed by atoms with Gasteiger partial charge in [-0.05, 0) is 37.3 Å². The molecule has 0 amide bonds. The van der Waals surface area contributed by atoms with Crippen molar-refractivity contribution in [1.29, 1.82) is 0 Å². The molecule has 3 nitrogen and oxygen atoms in total. The zero-order valence-electron chi connectivity index (χ0n) is 11.7. The van der Waals surface area contributed by atoms with Crippen LogP contribution >= 0.6 is 0 Å². The van der Waals surface area contributed by atoms with E-state index in [1.165, 1.54) is 11.1 Å². The molecule has 0 bridgehead atoms. The summed E-state index contributed by atoms with van der Waals surface area (Å²) in [5.74, 6) is 0. The summed E-state index contributed by atoms with van der Waals surface area (Å²) >= 11 is 0. The van der Waals surface area contributed by atoms with Crippen molar-refractivity contribution in [2.24, 2.45) is 0 Å². The molecule has 104 valence electrons. The quantitative estimate of drug-likeness (QED) is 0.906. The largest absolute Gasteiger partial charge is 0.381 e. The van der Waals surface area contributed by atoms with Crippen LogP contribution in [0.15, 0.2) is 24.3 Å². The van der Waals surface area contributed by atoms with Crippen molar-refractivity contribution in [1.82, 2.24) is 5.32 Å².